The van der Waals surface area contributed by atoms with Crippen LogP contribution in [0.15, 0.2) is 88.1 Å². The van der Waals surface area contributed by atoms with Crippen LogP contribution in [0.4, 0.5) is 0 Å². The highest BCUT2D eigenvalue weighted by Gasteiger charge is 2.16. The third-order valence-electron chi connectivity index (χ3n) is 4.98. The van der Waals surface area contributed by atoms with Crippen molar-refractivity contribution >= 4 is 32.6 Å². The van der Waals surface area contributed by atoms with Gasteiger partial charge < -0.3 is 9.15 Å². The van der Waals surface area contributed by atoms with Crippen LogP contribution >= 0.6 is 15.9 Å². The van der Waals surface area contributed by atoms with Crippen LogP contribution < -0.4 is 4.74 Å². The Balaban J connectivity index is 1.30. The Morgan fingerprint density at radius 2 is 1.78 bits per heavy atom. The van der Waals surface area contributed by atoms with Crippen molar-refractivity contribution in [3.8, 4) is 23.0 Å². The number of benzene rings is 2. The molecule has 0 spiro atoms. The molecule has 0 aliphatic heterocycles. The van der Waals surface area contributed by atoms with Gasteiger partial charge in [-0.05, 0) is 48.5 Å². The van der Waals surface area contributed by atoms with Crippen LogP contribution in [0.3, 0.4) is 0 Å². The van der Waals surface area contributed by atoms with Crippen LogP contribution in [-0.2, 0) is 6.61 Å². The number of fused-ring (bicyclic) bond motifs is 3. The molecule has 2 aromatic carbocycles. The van der Waals surface area contributed by atoms with Crippen molar-refractivity contribution in [1.29, 1.82) is 0 Å². The van der Waals surface area contributed by atoms with Gasteiger partial charge in [0.05, 0.1) is 17.3 Å². The number of aromatic nitrogens is 6. The molecule has 0 aliphatic rings. The number of rotatable bonds is 5. The maximum absolute atomic E-state index is 5.92. The zero-order valence-corrected chi connectivity index (χ0v) is 18.2. The van der Waals surface area contributed by atoms with Gasteiger partial charge in [-0.15, -0.1) is 5.10 Å². The zero-order valence-electron chi connectivity index (χ0n) is 16.6. The lowest BCUT2D eigenvalue weighted by Crippen LogP contribution is -1.98. The summed E-state index contributed by atoms with van der Waals surface area (Å²) < 4.78 is 16.1. The molecule has 0 unspecified atom stereocenters. The third-order valence-corrected chi connectivity index (χ3v) is 5.51. The molecule has 4 aromatic heterocycles. The van der Waals surface area contributed by atoms with Crippen molar-refractivity contribution in [2.24, 2.45) is 0 Å². The van der Waals surface area contributed by atoms with Gasteiger partial charge in [0.15, 0.2) is 17.1 Å². The summed E-state index contributed by atoms with van der Waals surface area (Å²) in [5, 5.41) is 9.82. The molecule has 0 fully saturated rings. The van der Waals surface area contributed by atoms with Gasteiger partial charge in [0.2, 0.25) is 5.82 Å². The first-order valence-electron chi connectivity index (χ1n) is 9.86. The van der Waals surface area contributed by atoms with E-state index in [1.54, 1.807) is 21.7 Å². The summed E-state index contributed by atoms with van der Waals surface area (Å²) in [5.41, 5.74) is 2.31. The zero-order chi connectivity index (χ0) is 21.5. The Bertz CT molecular complexity index is 1540. The number of ether oxygens (including phenoxy) is 1. The molecule has 0 aliphatic carbocycles. The van der Waals surface area contributed by atoms with E-state index in [1.165, 1.54) is 0 Å². The molecule has 0 N–H and O–H groups in total. The number of halogens is 1. The first-order valence-corrected chi connectivity index (χ1v) is 10.7. The van der Waals surface area contributed by atoms with E-state index in [9.17, 15) is 0 Å². The van der Waals surface area contributed by atoms with Gasteiger partial charge in [-0.3, -0.25) is 0 Å². The molecule has 0 bridgehead atoms. The molecule has 4 heterocycles. The van der Waals surface area contributed by atoms with Crippen molar-refractivity contribution in [2.45, 2.75) is 6.61 Å². The molecule has 32 heavy (non-hydrogen) atoms. The average molecular weight is 487 g/mol. The minimum absolute atomic E-state index is 0.310. The van der Waals surface area contributed by atoms with E-state index < -0.39 is 0 Å². The lowest BCUT2D eigenvalue weighted by Gasteiger charge is -2.03. The fourth-order valence-electron chi connectivity index (χ4n) is 3.44. The first kappa shape index (κ1) is 18.8. The molecule has 6 aromatic rings. The fourth-order valence-corrected chi connectivity index (χ4v) is 3.71. The maximum Gasteiger partial charge on any atom is 0.217 e. The van der Waals surface area contributed by atoms with Crippen LogP contribution in [0.25, 0.3) is 34.0 Å². The van der Waals surface area contributed by atoms with Gasteiger partial charge in [0.25, 0.3) is 0 Å². The fraction of sp³-hybridized carbons (Fsp3) is 0.0435. The summed E-state index contributed by atoms with van der Waals surface area (Å²) in [4.78, 5) is 9.21. The lowest BCUT2D eigenvalue weighted by atomic mass is 10.3. The molecule has 0 atom stereocenters. The molecule has 156 valence electrons. The van der Waals surface area contributed by atoms with Gasteiger partial charge in [0.1, 0.15) is 24.4 Å². The molecular formula is C23H15BrN6O2. The van der Waals surface area contributed by atoms with E-state index in [-0.39, 0.29) is 0 Å². The van der Waals surface area contributed by atoms with Crippen molar-refractivity contribution < 1.29 is 9.15 Å². The van der Waals surface area contributed by atoms with E-state index in [0.717, 1.165) is 21.3 Å². The Labute approximate surface area is 190 Å². The summed E-state index contributed by atoms with van der Waals surface area (Å²) in [6, 6.07) is 21.2. The number of furan rings is 1. The summed E-state index contributed by atoms with van der Waals surface area (Å²) in [5.74, 6) is 2.48. The van der Waals surface area contributed by atoms with Crippen molar-refractivity contribution in [3.63, 3.8) is 0 Å². The number of hydrogen-bond acceptors (Lipinski definition) is 6. The Morgan fingerprint density at radius 3 is 2.62 bits per heavy atom. The highest BCUT2D eigenvalue weighted by Crippen LogP contribution is 2.25. The highest BCUT2D eigenvalue weighted by atomic mass is 79.9. The Kier molecular flexibility index (Phi) is 4.46. The van der Waals surface area contributed by atoms with E-state index >= 15 is 0 Å². The minimum Gasteiger partial charge on any atom is -0.486 e. The van der Waals surface area contributed by atoms with Crippen molar-refractivity contribution in [3.05, 3.63) is 89.5 Å². The standard InChI is InChI=1S/C23H15BrN6O2/c24-15-6-8-17(9-7-15)31-13-18-10-11-20(32-18)21-27-23-19-12-26-30(16-4-2-1-3-5-16)22(19)25-14-29(23)28-21/h1-12,14H,13H2. The molecule has 0 saturated heterocycles. The molecule has 8 nitrogen and oxygen atoms in total. The van der Waals surface area contributed by atoms with Gasteiger partial charge >= 0.3 is 0 Å². The summed E-state index contributed by atoms with van der Waals surface area (Å²) >= 11 is 3.41. The monoisotopic (exact) mass is 486 g/mol. The quantitative estimate of drug-likeness (QED) is 0.338. The molecule has 0 radical (unpaired) electrons. The third kappa shape index (κ3) is 3.32. The number of hydrogen-bond donors (Lipinski definition) is 0. The molecule has 0 saturated carbocycles. The molecule has 9 heteroatoms. The van der Waals surface area contributed by atoms with Crippen LogP contribution in [0, 0.1) is 0 Å². The molecular weight excluding hydrogens is 472 g/mol. The Morgan fingerprint density at radius 1 is 0.938 bits per heavy atom. The van der Waals surface area contributed by atoms with Gasteiger partial charge in [-0.2, -0.15) is 5.10 Å². The lowest BCUT2D eigenvalue weighted by molar-refractivity contribution is 0.271. The normalized spacial score (nSPS) is 11.4. The second kappa shape index (κ2) is 7.61. The predicted molar refractivity (Wildman–Crippen MR) is 122 cm³/mol. The van der Waals surface area contributed by atoms with Gasteiger partial charge in [-0.25, -0.2) is 19.2 Å². The van der Waals surface area contributed by atoms with Crippen molar-refractivity contribution in [1.82, 2.24) is 29.4 Å². The SMILES string of the molecule is Brc1ccc(OCc2ccc(-c3nc4c5cnn(-c6ccccc6)c5ncn4n3)o2)cc1. The topological polar surface area (TPSA) is 83.3 Å². The van der Waals surface area contributed by atoms with E-state index in [0.29, 0.717) is 35.2 Å². The second-order valence-electron chi connectivity index (χ2n) is 7.09. The number of para-hydroxylation sites is 1. The average Bonchev–Trinajstić information content (AvgIpc) is 3.56. The smallest absolute Gasteiger partial charge is 0.217 e. The number of nitrogens with zero attached hydrogens (tertiary/aromatic N) is 6. The second-order valence-corrected chi connectivity index (χ2v) is 8.00. The first-order chi connectivity index (χ1) is 15.7. The minimum atomic E-state index is 0.310. The highest BCUT2D eigenvalue weighted by molar-refractivity contribution is 9.10. The van der Waals surface area contributed by atoms with Crippen LogP contribution in [0.2, 0.25) is 0 Å². The van der Waals surface area contributed by atoms with Crippen molar-refractivity contribution in [2.75, 3.05) is 0 Å². The van der Waals surface area contributed by atoms with Gasteiger partial charge in [0, 0.05) is 4.47 Å². The van der Waals surface area contributed by atoms with Crippen LogP contribution in [-0.4, -0.2) is 29.4 Å². The summed E-state index contributed by atoms with van der Waals surface area (Å²) in [7, 11) is 0. The van der Waals surface area contributed by atoms with E-state index in [1.807, 2.05) is 66.7 Å². The molecule has 0 amide bonds. The molecule has 6 rings (SSSR count). The maximum atomic E-state index is 5.92. The van der Waals surface area contributed by atoms with E-state index in [2.05, 4.69) is 36.1 Å². The van der Waals surface area contributed by atoms with E-state index in [4.69, 9.17) is 9.15 Å². The van der Waals surface area contributed by atoms with Crippen LogP contribution in [0.1, 0.15) is 5.76 Å². The largest absolute Gasteiger partial charge is 0.486 e. The summed E-state index contributed by atoms with van der Waals surface area (Å²) in [6.45, 7) is 0.310. The van der Waals surface area contributed by atoms with Gasteiger partial charge in [-0.1, -0.05) is 34.1 Å². The predicted octanol–water partition coefficient (Wildman–Crippen LogP) is 5.06. The van der Waals surface area contributed by atoms with Crippen LogP contribution in [0.5, 0.6) is 5.75 Å². The Hall–Kier alpha value is -3.98. The summed E-state index contributed by atoms with van der Waals surface area (Å²) in [6.07, 6.45) is 3.39.